The summed E-state index contributed by atoms with van der Waals surface area (Å²) in [5, 5.41) is 3.94. The molecule has 0 aliphatic heterocycles. The van der Waals surface area contributed by atoms with E-state index in [0.717, 1.165) is 25.0 Å². The summed E-state index contributed by atoms with van der Waals surface area (Å²) < 4.78 is 5.31. The maximum Gasteiger partial charge on any atom is 0.332 e. The molecule has 2 atom stereocenters. The molecule has 2 unspecified atom stereocenters. The lowest BCUT2D eigenvalue weighted by Crippen LogP contribution is -2.31. The summed E-state index contributed by atoms with van der Waals surface area (Å²) in [6, 6.07) is -0.612. The lowest BCUT2D eigenvalue weighted by atomic mass is 9.86. The SMILES string of the molecule is COC1CC/C(=N/NC(N)=O)CC1C. The molecule has 0 saturated heterocycles. The van der Waals surface area contributed by atoms with Crippen molar-refractivity contribution in [1.29, 1.82) is 0 Å². The Labute approximate surface area is 83.7 Å². The van der Waals surface area contributed by atoms with Gasteiger partial charge in [-0.05, 0) is 25.2 Å². The molecule has 1 rings (SSSR count). The van der Waals surface area contributed by atoms with Crippen LogP contribution in [0.15, 0.2) is 5.10 Å². The van der Waals surface area contributed by atoms with Crippen LogP contribution in [0.25, 0.3) is 0 Å². The molecule has 1 aliphatic rings. The van der Waals surface area contributed by atoms with Crippen molar-refractivity contribution in [3.05, 3.63) is 0 Å². The highest BCUT2D eigenvalue weighted by atomic mass is 16.5. The lowest BCUT2D eigenvalue weighted by molar-refractivity contribution is 0.0494. The van der Waals surface area contributed by atoms with E-state index in [9.17, 15) is 4.79 Å². The summed E-state index contributed by atoms with van der Waals surface area (Å²) in [6.07, 6.45) is 2.99. The van der Waals surface area contributed by atoms with Crippen LogP contribution in [0, 0.1) is 5.92 Å². The van der Waals surface area contributed by atoms with E-state index in [4.69, 9.17) is 10.5 Å². The average molecular weight is 199 g/mol. The van der Waals surface area contributed by atoms with E-state index in [1.165, 1.54) is 0 Å². The van der Waals surface area contributed by atoms with Crippen LogP contribution in [0.1, 0.15) is 26.2 Å². The number of methoxy groups -OCH3 is 1. The molecule has 1 fully saturated rings. The molecule has 0 aromatic heterocycles. The number of nitrogens with two attached hydrogens (primary N) is 1. The third-order valence-electron chi connectivity index (χ3n) is 2.54. The molecule has 5 nitrogen and oxygen atoms in total. The van der Waals surface area contributed by atoms with Gasteiger partial charge >= 0.3 is 6.03 Å². The van der Waals surface area contributed by atoms with Crippen LogP contribution in [0.5, 0.6) is 0 Å². The molecular formula is C9H17N3O2. The normalized spacial score (nSPS) is 30.3. The van der Waals surface area contributed by atoms with Gasteiger partial charge in [-0.2, -0.15) is 5.10 Å². The molecule has 3 N–H and O–H groups in total. The highest BCUT2D eigenvalue weighted by Crippen LogP contribution is 2.24. The zero-order chi connectivity index (χ0) is 10.6. The number of ether oxygens (including phenoxy) is 1. The summed E-state index contributed by atoms with van der Waals surface area (Å²) in [5.41, 5.74) is 8.16. The summed E-state index contributed by atoms with van der Waals surface area (Å²) in [4.78, 5) is 10.4. The van der Waals surface area contributed by atoms with Gasteiger partial charge in [0.15, 0.2) is 0 Å². The fourth-order valence-electron chi connectivity index (χ4n) is 1.78. The molecule has 2 amide bonds. The largest absolute Gasteiger partial charge is 0.381 e. The molecule has 1 aliphatic carbocycles. The zero-order valence-electron chi connectivity index (χ0n) is 8.62. The van der Waals surface area contributed by atoms with Gasteiger partial charge in [0, 0.05) is 12.8 Å². The van der Waals surface area contributed by atoms with Crippen LogP contribution < -0.4 is 11.2 Å². The first kappa shape index (κ1) is 11.0. The molecule has 80 valence electrons. The van der Waals surface area contributed by atoms with E-state index in [1.807, 2.05) is 0 Å². The van der Waals surface area contributed by atoms with Gasteiger partial charge in [0.1, 0.15) is 0 Å². The third-order valence-corrected chi connectivity index (χ3v) is 2.54. The second-order valence-corrected chi connectivity index (χ2v) is 3.65. The van der Waals surface area contributed by atoms with Crippen molar-refractivity contribution < 1.29 is 9.53 Å². The first-order chi connectivity index (χ1) is 6.63. The minimum absolute atomic E-state index is 0.308. The van der Waals surface area contributed by atoms with Gasteiger partial charge in [-0.3, -0.25) is 0 Å². The van der Waals surface area contributed by atoms with Gasteiger partial charge in [-0.1, -0.05) is 6.92 Å². The molecule has 0 heterocycles. The van der Waals surface area contributed by atoms with Gasteiger partial charge in [-0.25, -0.2) is 10.2 Å². The molecular weight excluding hydrogens is 182 g/mol. The number of nitrogens with one attached hydrogen (secondary N) is 1. The standard InChI is InChI=1S/C9H17N3O2/c1-6-5-7(11-12-9(10)13)3-4-8(6)14-2/h6,8H,3-5H2,1-2H3,(H3,10,12,13)/b11-7-. The van der Waals surface area contributed by atoms with Crippen LogP contribution in [0.3, 0.4) is 0 Å². The average Bonchev–Trinajstić information content (AvgIpc) is 2.15. The predicted octanol–water partition coefficient (Wildman–Crippen LogP) is 0.846. The minimum atomic E-state index is -0.612. The number of carbonyl (C=O) groups is 1. The first-order valence-electron chi connectivity index (χ1n) is 4.77. The summed E-state index contributed by atoms with van der Waals surface area (Å²) in [6.45, 7) is 2.12. The van der Waals surface area contributed by atoms with Crippen molar-refractivity contribution in [3.63, 3.8) is 0 Å². The number of amides is 2. The van der Waals surface area contributed by atoms with Gasteiger partial charge < -0.3 is 10.5 Å². The molecule has 5 heteroatoms. The van der Waals surface area contributed by atoms with Gasteiger partial charge in [-0.15, -0.1) is 0 Å². The van der Waals surface area contributed by atoms with E-state index >= 15 is 0 Å². The summed E-state index contributed by atoms with van der Waals surface area (Å²) in [5.74, 6) is 0.446. The number of primary amides is 1. The Morgan fingerprint density at radius 2 is 2.43 bits per heavy atom. The molecule has 0 bridgehead atoms. The van der Waals surface area contributed by atoms with Crippen molar-refractivity contribution in [2.45, 2.75) is 32.3 Å². The molecule has 0 radical (unpaired) electrons. The highest BCUT2D eigenvalue weighted by Gasteiger charge is 2.24. The maximum absolute atomic E-state index is 10.4. The molecule has 0 aromatic carbocycles. The number of hydrogen-bond donors (Lipinski definition) is 2. The monoisotopic (exact) mass is 199 g/mol. The molecule has 1 saturated carbocycles. The second-order valence-electron chi connectivity index (χ2n) is 3.65. The first-order valence-corrected chi connectivity index (χ1v) is 4.77. The van der Waals surface area contributed by atoms with Crippen LogP contribution >= 0.6 is 0 Å². The van der Waals surface area contributed by atoms with E-state index in [0.29, 0.717) is 12.0 Å². The smallest absolute Gasteiger partial charge is 0.332 e. The number of hydrazone groups is 1. The number of rotatable bonds is 2. The Hall–Kier alpha value is -1.10. The van der Waals surface area contributed by atoms with Crippen LogP contribution in [0.2, 0.25) is 0 Å². The molecule has 0 aromatic rings. The number of hydrogen-bond acceptors (Lipinski definition) is 3. The van der Waals surface area contributed by atoms with E-state index in [-0.39, 0.29) is 0 Å². The predicted molar refractivity (Wildman–Crippen MR) is 54.0 cm³/mol. The van der Waals surface area contributed by atoms with Crippen molar-refractivity contribution in [2.75, 3.05) is 7.11 Å². The van der Waals surface area contributed by atoms with Crippen LogP contribution in [-0.2, 0) is 4.74 Å². The fraction of sp³-hybridized carbons (Fsp3) is 0.778. The lowest BCUT2D eigenvalue weighted by Gasteiger charge is -2.28. The topological polar surface area (TPSA) is 76.7 Å². The van der Waals surface area contributed by atoms with Crippen LogP contribution in [0.4, 0.5) is 4.79 Å². The Bertz CT molecular complexity index is 240. The Balaban J connectivity index is 2.45. The fourth-order valence-corrected chi connectivity index (χ4v) is 1.78. The zero-order valence-corrected chi connectivity index (χ0v) is 8.62. The van der Waals surface area contributed by atoms with Crippen LogP contribution in [-0.4, -0.2) is 25.0 Å². The molecule has 0 spiro atoms. The van der Waals surface area contributed by atoms with Crippen molar-refractivity contribution in [1.82, 2.24) is 5.43 Å². The Morgan fingerprint density at radius 3 is 2.93 bits per heavy atom. The quantitative estimate of drug-likeness (QED) is 0.647. The second kappa shape index (κ2) is 4.95. The molecule has 14 heavy (non-hydrogen) atoms. The van der Waals surface area contributed by atoms with Crippen molar-refractivity contribution in [2.24, 2.45) is 16.8 Å². The van der Waals surface area contributed by atoms with Crippen molar-refractivity contribution >= 4 is 11.7 Å². The van der Waals surface area contributed by atoms with E-state index in [2.05, 4.69) is 17.5 Å². The summed E-state index contributed by atoms with van der Waals surface area (Å²) >= 11 is 0. The minimum Gasteiger partial charge on any atom is -0.381 e. The maximum atomic E-state index is 10.4. The number of urea groups is 1. The number of carbonyl (C=O) groups excluding carboxylic acids is 1. The van der Waals surface area contributed by atoms with Gasteiger partial charge in [0.2, 0.25) is 0 Å². The van der Waals surface area contributed by atoms with Gasteiger partial charge in [0.25, 0.3) is 0 Å². The Morgan fingerprint density at radius 1 is 1.71 bits per heavy atom. The van der Waals surface area contributed by atoms with E-state index in [1.54, 1.807) is 7.11 Å². The Kier molecular flexibility index (Phi) is 3.88. The van der Waals surface area contributed by atoms with Crippen molar-refractivity contribution in [3.8, 4) is 0 Å². The highest BCUT2D eigenvalue weighted by molar-refractivity contribution is 5.86. The number of nitrogens with zero attached hydrogens (tertiary/aromatic N) is 1. The van der Waals surface area contributed by atoms with E-state index < -0.39 is 6.03 Å². The third kappa shape index (κ3) is 2.99. The van der Waals surface area contributed by atoms with Gasteiger partial charge in [0.05, 0.1) is 6.10 Å². The summed E-state index contributed by atoms with van der Waals surface area (Å²) in [7, 11) is 1.73.